The highest BCUT2D eigenvalue weighted by Gasteiger charge is 2.20. The van der Waals surface area contributed by atoms with E-state index in [1.165, 1.54) is 6.42 Å². The fourth-order valence-electron chi connectivity index (χ4n) is 2.87. The van der Waals surface area contributed by atoms with Crippen molar-refractivity contribution in [2.24, 2.45) is 0 Å². The number of carbonyl (C=O) groups excluding carboxylic acids is 2. The van der Waals surface area contributed by atoms with Gasteiger partial charge in [0.15, 0.2) is 0 Å². The molecule has 2 aromatic rings. The molecule has 1 aromatic heterocycles. The molecule has 0 spiro atoms. The molecule has 1 aromatic carbocycles. The van der Waals surface area contributed by atoms with Crippen molar-refractivity contribution in [2.75, 3.05) is 5.32 Å². The summed E-state index contributed by atoms with van der Waals surface area (Å²) in [5.41, 5.74) is 1.58. The standard InChI is InChI=1S/C16H19N3O2/c20-15(18-11-5-2-1-3-6-11)16(21)19-14-8-4-7-13-12(14)9-10-17-13/h4,7-11,17H,1-3,5-6H2,(H,18,20)(H,19,21). The van der Waals surface area contributed by atoms with Gasteiger partial charge in [-0.2, -0.15) is 0 Å². The lowest BCUT2D eigenvalue weighted by molar-refractivity contribution is -0.136. The third-order valence-electron chi connectivity index (χ3n) is 3.99. The van der Waals surface area contributed by atoms with Gasteiger partial charge < -0.3 is 15.6 Å². The molecule has 0 aliphatic heterocycles. The van der Waals surface area contributed by atoms with Crippen molar-refractivity contribution in [3.8, 4) is 0 Å². The van der Waals surface area contributed by atoms with Crippen LogP contribution < -0.4 is 10.6 Å². The van der Waals surface area contributed by atoms with E-state index < -0.39 is 11.8 Å². The van der Waals surface area contributed by atoms with Crippen LogP contribution in [0.25, 0.3) is 10.9 Å². The molecule has 0 radical (unpaired) electrons. The lowest BCUT2D eigenvalue weighted by Crippen LogP contribution is -2.42. The normalized spacial score (nSPS) is 15.8. The summed E-state index contributed by atoms with van der Waals surface area (Å²) in [5.74, 6) is -1.15. The predicted molar refractivity (Wildman–Crippen MR) is 81.9 cm³/mol. The highest BCUT2D eigenvalue weighted by molar-refractivity contribution is 6.40. The van der Waals surface area contributed by atoms with Crippen LogP contribution in [0.5, 0.6) is 0 Å². The number of H-pyrrole nitrogens is 1. The van der Waals surface area contributed by atoms with Crippen LogP contribution in [0.4, 0.5) is 5.69 Å². The molecule has 5 heteroatoms. The molecular weight excluding hydrogens is 266 g/mol. The SMILES string of the molecule is O=C(Nc1cccc2[nH]ccc12)C(=O)NC1CCCCC1. The molecule has 1 fully saturated rings. The van der Waals surface area contributed by atoms with Gasteiger partial charge in [-0.05, 0) is 31.0 Å². The number of hydrogen-bond donors (Lipinski definition) is 3. The second-order valence-corrected chi connectivity index (χ2v) is 5.51. The summed E-state index contributed by atoms with van der Waals surface area (Å²) in [6.45, 7) is 0. The second kappa shape index (κ2) is 5.99. The van der Waals surface area contributed by atoms with E-state index in [1.807, 2.05) is 24.4 Å². The first-order valence-electron chi connectivity index (χ1n) is 7.42. The Balaban J connectivity index is 1.65. The number of amides is 2. The first kappa shape index (κ1) is 13.7. The smallest absolute Gasteiger partial charge is 0.313 e. The maximum Gasteiger partial charge on any atom is 0.313 e. The minimum Gasteiger partial charge on any atom is -0.361 e. The van der Waals surface area contributed by atoms with Crippen LogP contribution >= 0.6 is 0 Å². The molecule has 0 atom stereocenters. The van der Waals surface area contributed by atoms with Crippen LogP contribution in [0, 0.1) is 0 Å². The van der Waals surface area contributed by atoms with E-state index in [2.05, 4.69) is 15.6 Å². The Kier molecular flexibility index (Phi) is 3.90. The monoisotopic (exact) mass is 285 g/mol. The van der Waals surface area contributed by atoms with Crippen molar-refractivity contribution in [1.29, 1.82) is 0 Å². The summed E-state index contributed by atoms with van der Waals surface area (Å²) in [4.78, 5) is 27.1. The van der Waals surface area contributed by atoms with Crippen LogP contribution in [0.3, 0.4) is 0 Å². The summed E-state index contributed by atoms with van der Waals surface area (Å²) in [7, 11) is 0. The van der Waals surface area contributed by atoms with Crippen molar-refractivity contribution in [3.63, 3.8) is 0 Å². The van der Waals surface area contributed by atoms with Crippen molar-refractivity contribution in [2.45, 2.75) is 38.1 Å². The van der Waals surface area contributed by atoms with Gasteiger partial charge in [-0.3, -0.25) is 9.59 Å². The Morgan fingerprint density at radius 2 is 1.86 bits per heavy atom. The van der Waals surface area contributed by atoms with Crippen molar-refractivity contribution < 1.29 is 9.59 Å². The zero-order chi connectivity index (χ0) is 14.7. The van der Waals surface area contributed by atoms with Crippen LogP contribution in [-0.4, -0.2) is 22.8 Å². The van der Waals surface area contributed by atoms with E-state index in [9.17, 15) is 9.59 Å². The molecule has 3 rings (SSSR count). The molecule has 1 aliphatic carbocycles. The van der Waals surface area contributed by atoms with Crippen LogP contribution in [0.2, 0.25) is 0 Å². The molecule has 0 unspecified atom stereocenters. The van der Waals surface area contributed by atoms with Gasteiger partial charge in [-0.15, -0.1) is 0 Å². The van der Waals surface area contributed by atoms with E-state index in [0.717, 1.165) is 36.6 Å². The molecule has 0 saturated heterocycles. The summed E-state index contributed by atoms with van der Waals surface area (Å²) in [6, 6.07) is 7.58. The molecule has 1 aliphatic rings. The highest BCUT2D eigenvalue weighted by Crippen LogP contribution is 2.22. The Labute approximate surface area is 123 Å². The minimum absolute atomic E-state index is 0.139. The highest BCUT2D eigenvalue weighted by atomic mass is 16.2. The average Bonchev–Trinajstić information content (AvgIpc) is 2.98. The Bertz CT molecular complexity index is 656. The summed E-state index contributed by atoms with van der Waals surface area (Å²) < 4.78 is 0. The second-order valence-electron chi connectivity index (χ2n) is 5.51. The van der Waals surface area contributed by atoms with Gasteiger partial charge in [0.1, 0.15) is 0 Å². The zero-order valence-electron chi connectivity index (χ0n) is 11.8. The Morgan fingerprint density at radius 3 is 2.67 bits per heavy atom. The van der Waals surface area contributed by atoms with Crippen molar-refractivity contribution >= 4 is 28.4 Å². The maximum absolute atomic E-state index is 12.0. The van der Waals surface area contributed by atoms with Crippen molar-refractivity contribution in [3.05, 3.63) is 30.5 Å². The average molecular weight is 285 g/mol. The largest absolute Gasteiger partial charge is 0.361 e. The maximum atomic E-state index is 12.0. The van der Waals surface area contributed by atoms with E-state index in [1.54, 1.807) is 6.07 Å². The quantitative estimate of drug-likeness (QED) is 0.742. The molecule has 0 bridgehead atoms. The molecule has 2 amide bonds. The van der Waals surface area contributed by atoms with Crippen molar-refractivity contribution in [1.82, 2.24) is 10.3 Å². The minimum atomic E-state index is -0.603. The molecule has 110 valence electrons. The van der Waals surface area contributed by atoms with E-state index in [0.29, 0.717) is 5.69 Å². The Morgan fingerprint density at radius 1 is 1.05 bits per heavy atom. The van der Waals surface area contributed by atoms with E-state index in [4.69, 9.17) is 0 Å². The van der Waals surface area contributed by atoms with Gasteiger partial charge in [0.05, 0.1) is 5.69 Å². The first-order chi connectivity index (χ1) is 10.2. The number of nitrogens with one attached hydrogen (secondary N) is 3. The number of aromatic nitrogens is 1. The van der Waals surface area contributed by atoms with Crippen LogP contribution in [0.15, 0.2) is 30.5 Å². The van der Waals surface area contributed by atoms with Crippen LogP contribution in [-0.2, 0) is 9.59 Å². The fourth-order valence-corrected chi connectivity index (χ4v) is 2.87. The van der Waals surface area contributed by atoms with Gasteiger partial charge >= 0.3 is 11.8 Å². The molecule has 3 N–H and O–H groups in total. The van der Waals surface area contributed by atoms with Crippen LogP contribution in [0.1, 0.15) is 32.1 Å². The van der Waals surface area contributed by atoms with E-state index >= 15 is 0 Å². The number of aromatic amines is 1. The number of carbonyl (C=O) groups is 2. The molecule has 5 nitrogen and oxygen atoms in total. The van der Waals surface area contributed by atoms with Gasteiger partial charge in [-0.25, -0.2) is 0 Å². The lowest BCUT2D eigenvalue weighted by atomic mass is 9.95. The molecular formula is C16H19N3O2. The fraction of sp³-hybridized carbons (Fsp3) is 0.375. The molecule has 1 saturated carbocycles. The number of benzene rings is 1. The van der Waals surface area contributed by atoms with Gasteiger partial charge in [-0.1, -0.05) is 25.3 Å². The summed E-state index contributed by atoms with van der Waals surface area (Å²) in [5, 5.41) is 6.41. The Hall–Kier alpha value is -2.30. The number of rotatable bonds is 2. The van der Waals surface area contributed by atoms with E-state index in [-0.39, 0.29) is 6.04 Å². The summed E-state index contributed by atoms with van der Waals surface area (Å²) in [6.07, 6.45) is 7.19. The van der Waals surface area contributed by atoms with Gasteiger partial charge in [0.2, 0.25) is 0 Å². The predicted octanol–water partition coefficient (Wildman–Crippen LogP) is 2.56. The van der Waals surface area contributed by atoms with Gasteiger partial charge in [0, 0.05) is 23.1 Å². The third-order valence-corrected chi connectivity index (χ3v) is 3.99. The zero-order valence-corrected chi connectivity index (χ0v) is 11.8. The molecule has 1 heterocycles. The van der Waals surface area contributed by atoms with Gasteiger partial charge in [0.25, 0.3) is 0 Å². The number of fused-ring (bicyclic) bond motifs is 1. The first-order valence-corrected chi connectivity index (χ1v) is 7.42. The molecule has 21 heavy (non-hydrogen) atoms. The lowest BCUT2D eigenvalue weighted by Gasteiger charge is -2.22. The summed E-state index contributed by atoms with van der Waals surface area (Å²) >= 11 is 0. The number of hydrogen-bond acceptors (Lipinski definition) is 2. The third kappa shape index (κ3) is 3.07. The number of anilines is 1. The topological polar surface area (TPSA) is 74.0 Å².